The zero-order valence-corrected chi connectivity index (χ0v) is 68.0. The lowest BCUT2D eigenvalue weighted by molar-refractivity contribution is -0.138. The highest BCUT2D eigenvalue weighted by molar-refractivity contribution is 5.97. The lowest BCUT2D eigenvalue weighted by atomic mass is 9.68. The Labute approximate surface area is 688 Å². The molecule has 15 nitrogen and oxygen atoms in total. The summed E-state index contributed by atoms with van der Waals surface area (Å²) < 4.78 is 79.1. The van der Waals surface area contributed by atoms with Crippen molar-refractivity contribution >= 4 is 23.6 Å². The minimum Gasteiger partial charge on any atom is -0.396 e. The van der Waals surface area contributed by atoms with Crippen LogP contribution in [0.2, 0.25) is 0 Å². The average Bonchev–Trinajstić information content (AvgIpc) is 1.71. The molecule has 0 aliphatic heterocycles. The summed E-state index contributed by atoms with van der Waals surface area (Å²) >= 11 is 0. The number of rotatable bonds is 24. The number of halogens is 6. The second-order valence-corrected chi connectivity index (χ2v) is 35.2. The fourth-order valence-corrected chi connectivity index (χ4v) is 19.1. The summed E-state index contributed by atoms with van der Waals surface area (Å²) in [5, 5.41) is 38.2. The molecule has 8 aliphatic carbocycles. The van der Waals surface area contributed by atoms with E-state index in [4.69, 9.17) is 5.11 Å². The molecule has 3 heterocycles. The number of aliphatic hydroxyl groups excluding tert-OH is 4. The van der Waals surface area contributed by atoms with Gasteiger partial charge in [0, 0.05) is 138 Å². The van der Waals surface area contributed by atoms with Gasteiger partial charge in [-0.3, -0.25) is 34.1 Å². The number of nitrogens with zero attached hydrogens (tertiary/aromatic N) is 7. The maximum Gasteiger partial charge on any atom is 0.417 e. The van der Waals surface area contributed by atoms with Gasteiger partial charge < -0.3 is 40.0 Å². The number of pyridine rings is 3. The zero-order chi connectivity index (χ0) is 82.4. The third kappa shape index (κ3) is 22.4. The maximum atomic E-state index is 13.5. The molecule has 3 aromatic heterocycles. The second-order valence-electron chi connectivity index (χ2n) is 35.2. The van der Waals surface area contributed by atoms with E-state index in [1.807, 2.05) is 96.9 Å². The molecule has 0 bridgehead atoms. The number of hydrogen-bond acceptors (Lipinski definition) is 11. The molecule has 7 aromatic rings. The van der Waals surface area contributed by atoms with Crippen molar-refractivity contribution in [1.82, 2.24) is 34.6 Å². The van der Waals surface area contributed by atoms with Crippen molar-refractivity contribution in [2.24, 2.45) is 5.92 Å². The Bertz CT molecular complexity index is 4110. The topological polar surface area (TPSA) is 201 Å². The molecule has 117 heavy (non-hydrogen) atoms. The minimum absolute atomic E-state index is 0. The van der Waals surface area contributed by atoms with Crippen LogP contribution in [0.1, 0.15) is 291 Å². The Morgan fingerprint density at radius 3 is 1.03 bits per heavy atom. The first-order chi connectivity index (χ1) is 55.7. The van der Waals surface area contributed by atoms with E-state index in [9.17, 15) is 60.8 Å². The monoisotopic (exact) mass is 1620 g/mol. The Kier molecular flexibility index (Phi) is 30.3. The van der Waals surface area contributed by atoms with Crippen molar-refractivity contribution < 1.29 is 65.9 Å². The first kappa shape index (κ1) is 89.4. The van der Waals surface area contributed by atoms with Gasteiger partial charge in [-0.25, -0.2) is 0 Å². The van der Waals surface area contributed by atoms with Gasteiger partial charge in [0.05, 0.1) is 22.6 Å². The summed E-state index contributed by atoms with van der Waals surface area (Å²) in [6.45, 7) is 9.24. The number of amides is 4. The number of hydrogen-bond donors (Lipinski definition) is 4. The summed E-state index contributed by atoms with van der Waals surface area (Å²) in [6, 6.07) is 47.3. The fraction of sp³-hybridized carbons (Fsp3) is 0.552. The molecule has 0 saturated heterocycles. The van der Waals surface area contributed by atoms with Crippen molar-refractivity contribution in [3.8, 4) is 0 Å². The van der Waals surface area contributed by atoms with E-state index in [1.54, 1.807) is 17.3 Å². The predicted octanol–water partition coefficient (Wildman–Crippen LogP) is 19.5. The van der Waals surface area contributed by atoms with Crippen LogP contribution in [-0.2, 0) is 38.8 Å². The molecule has 1 unspecified atom stereocenters. The molecule has 632 valence electrons. The lowest BCUT2D eigenvalue weighted by Gasteiger charge is -2.43. The van der Waals surface area contributed by atoms with Crippen LogP contribution in [0.5, 0.6) is 0 Å². The summed E-state index contributed by atoms with van der Waals surface area (Å²) in [5.74, 6) is 0.386. The Morgan fingerprint density at radius 1 is 0.385 bits per heavy atom. The van der Waals surface area contributed by atoms with Gasteiger partial charge in [-0.15, -0.1) is 0 Å². The van der Waals surface area contributed by atoms with Crippen molar-refractivity contribution in [2.75, 3.05) is 26.4 Å². The Morgan fingerprint density at radius 2 is 0.709 bits per heavy atom. The van der Waals surface area contributed by atoms with Crippen LogP contribution in [0.4, 0.5) is 26.3 Å². The van der Waals surface area contributed by atoms with E-state index in [0.29, 0.717) is 67.8 Å². The molecule has 8 aliphatic rings. The van der Waals surface area contributed by atoms with Crippen LogP contribution < -0.4 is 0 Å². The van der Waals surface area contributed by atoms with Gasteiger partial charge in [0.15, 0.2) is 0 Å². The maximum absolute atomic E-state index is 13.5. The number of carbonyl (C=O) groups is 4. The molecule has 1 atom stereocenters. The summed E-state index contributed by atoms with van der Waals surface area (Å²) in [5.41, 5.74) is 4.17. The van der Waals surface area contributed by atoms with Gasteiger partial charge in [0.1, 0.15) is 0 Å². The van der Waals surface area contributed by atoms with Crippen LogP contribution in [0.25, 0.3) is 0 Å². The van der Waals surface area contributed by atoms with E-state index in [1.165, 1.54) is 48.7 Å². The quantitative estimate of drug-likeness (QED) is 0.0420. The molecule has 21 heteroatoms. The van der Waals surface area contributed by atoms with Crippen LogP contribution in [0.3, 0.4) is 0 Å². The van der Waals surface area contributed by atoms with Gasteiger partial charge in [0.2, 0.25) is 5.91 Å². The highest BCUT2D eigenvalue weighted by Crippen LogP contribution is 2.50. The second kappa shape index (κ2) is 39.7. The molecule has 15 rings (SSSR count). The largest absolute Gasteiger partial charge is 0.417 e. The third-order valence-corrected chi connectivity index (χ3v) is 26.4. The van der Waals surface area contributed by atoms with Gasteiger partial charge in [0.25, 0.3) is 17.7 Å². The third-order valence-electron chi connectivity index (χ3n) is 26.4. The Balaban J connectivity index is 0.000000154. The van der Waals surface area contributed by atoms with Gasteiger partial charge >= 0.3 is 12.4 Å². The number of carbonyl (C=O) groups excluding carboxylic acids is 4. The number of aromatic nitrogens is 3. The van der Waals surface area contributed by atoms with E-state index >= 15 is 0 Å². The molecular formula is C96H123F6N7O8. The first-order valence-corrected chi connectivity index (χ1v) is 42.7. The van der Waals surface area contributed by atoms with Gasteiger partial charge in [-0.05, 0) is 294 Å². The predicted molar refractivity (Wildman–Crippen MR) is 444 cm³/mol. The highest BCUT2D eigenvalue weighted by atomic mass is 19.4. The van der Waals surface area contributed by atoms with E-state index < -0.39 is 29.4 Å². The lowest BCUT2D eigenvalue weighted by Crippen LogP contribution is -2.47. The van der Waals surface area contributed by atoms with Crippen molar-refractivity contribution in [3.05, 3.63) is 232 Å². The molecule has 4 amide bonds. The van der Waals surface area contributed by atoms with Crippen LogP contribution in [-0.4, -0.2) is 153 Å². The summed E-state index contributed by atoms with van der Waals surface area (Å²) in [7, 11) is 0. The van der Waals surface area contributed by atoms with E-state index in [-0.39, 0.29) is 102 Å². The van der Waals surface area contributed by atoms with Crippen molar-refractivity contribution in [2.45, 2.75) is 303 Å². The number of alkyl halides is 6. The molecule has 8 fully saturated rings. The number of benzene rings is 4. The molecule has 8 saturated carbocycles. The average molecular weight is 1620 g/mol. The molecule has 4 aromatic carbocycles. The SMILES string of the molecule is C.CC(C(=O)N(C1CCC(CCO)CC1)C1CC1)c1ccccc1.CC(C)(C)c1ccc(C(=O)N(C2CC2)C2CCC(CCO)(c3ccccn3)CC2)cc1.O=C(c1ccc(C(F)(F)F)cc1)N(C1CC1)C1CCC(CCO)(c2ccccn2)CC1.O=C(c1ccccc1C(F)(F)F)N(C1CC1)C1CCC(CCO)(c2ccccn2)CC1. The van der Waals surface area contributed by atoms with E-state index in [2.05, 4.69) is 75.9 Å². The summed E-state index contributed by atoms with van der Waals surface area (Å²) in [4.78, 5) is 74.9. The smallest absolute Gasteiger partial charge is 0.396 e. The standard InChI is InChI=1S/C27H36N2O2.2C24H27F3N2O2.C20H29NO2.CH4/c1-26(2,3)21-9-7-20(8-10-21)25(31)29(22-11-12-22)23-13-15-27(16-14-23,17-19-30)24-6-4-5-18-28-24;25-24(26,27)20-6-2-1-5-19(20)22(31)29(17-8-9-17)18-10-12-23(13-11-18,14-16-30)21-7-3-4-15-28-21;25-24(26,27)18-6-4-17(5-7-18)22(31)29(19-8-9-19)20-10-12-23(13-11-20,14-16-30)21-3-1-2-15-28-21;1-15(17-5-3-2-4-6-17)20(23)21(19-11-12-19)18-9-7-16(8-10-18)13-14-22;/h4-10,18,22-23,30H,11-17,19H2,1-3H3;1-7,15,17-18,30H,8-14,16H2;1-7,15,19-20,30H,8-14,16H2;2-6,15-16,18-19,22H,7-14H2,1H3;1H4. The highest BCUT2D eigenvalue weighted by Gasteiger charge is 2.49. The molecule has 4 N–H and O–H groups in total. The molecular weight excluding hydrogens is 1490 g/mol. The van der Waals surface area contributed by atoms with Crippen LogP contribution >= 0.6 is 0 Å². The first-order valence-electron chi connectivity index (χ1n) is 42.7. The molecule has 0 spiro atoms. The van der Waals surface area contributed by atoms with Crippen molar-refractivity contribution in [3.63, 3.8) is 0 Å². The van der Waals surface area contributed by atoms with Gasteiger partial charge in [-0.2, -0.15) is 26.3 Å². The van der Waals surface area contributed by atoms with Crippen LogP contribution in [0, 0.1) is 5.92 Å². The fourth-order valence-electron chi connectivity index (χ4n) is 19.1. The summed E-state index contributed by atoms with van der Waals surface area (Å²) in [6.07, 6.45) is 21.8. The van der Waals surface area contributed by atoms with Crippen LogP contribution in [0.15, 0.2) is 176 Å². The van der Waals surface area contributed by atoms with Gasteiger partial charge in [-0.1, -0.05) is 101 Å². The molecule has 0 radical (unpaired) electrons. The van der Waals surface area contributed by atoms with Crippen molar-refractivity contribution in [1.29, 1.82) is 0 Å². The number of aliphatic hydroxyl groups is 4. The minimum atomic E-state index is -4.57. The Hall–Kier alpha value is -8.37. The normalized spacial score (nSPS) is 24.2. The zero-order valence-electron chi connectivity index (χ0n) is 68.0. The van der Waals surface area contributed by atoms with E-state index in [0.717, 1.165) is 188 Å².